The fourth-order valence-electron chi connectivity index (χ4n) is 3.92. The lowest BCUT2D eigenvalue weighted by Crippen LogP contribution is -2.01. The number of hydrogen-bond donors (Lipinski definition) is 1. The number of aryl methyl sites for hydroxylation is 1. The predicted molar refractivity (Wildman–Crippen MR) is 122 cm³/mol. The molecule has 4 aromatic rings. The molecular formula is C23H20ClFN4O2S. The average molecular weight is 471 g/mol. The molecule has 5 rings (SSSR count). The maximum Gasteiger partial charge on any atom is 0.354 e. The van der Waals surface area contributed by atoms with Gasteiger partial charge in [-0.15, -0.1) is 0 Å². The van der Waals surface area contributed by atoms with Crippen LogP contribution in [0.15, 0.2) is 52.6 Å². The first-order chi connectivity index (χ1) is 15.5. The third-order valence-corrected chi connectivity index (χ3v) is 6.82. The molecule has 1 N–H and O–H groups in total. The van der Waals surface area contributed by atoms with E-state index >= 15 is 4.39 Å². The maximum absolute atomic E-state index is 15.4. The molecule has 0 spiro atoms. The number of hydrogen-bond acceptors (Lipinski definition) is 4. The van der Waals surface area contributed by atoms with Gasteiger partial charge in [-0.1, -0.05) is 36.4 Å². The largest absolute Gasteiger partial charge is 0.477 e. The Labute approximate surface area is 193 Å². The van der Waals surface area contributed by atoms with Crippen LogP contribution >= 0.6 is 23.4 Å². The SMILES string of the molecule is CCCn1cc(-n2c(C3CC3)c(Sc3cccc(C(=O)O)n3)c3ccc(Cl)c(F)c32)cn1. The van der Waals surface area contributed by atoms with Crippen molar-refractivity contribution < 1.29 is 14.3 Å². The van der Waals surface area contributed by atoms with Crippen molar-refractivity contribution in [2.45, 2.75) is 48.6 Å². The number of aromatic nitrogens is 4. The highest BCUT2D eigenvalue weighted by Gasteiger charge is 2.34. The molecule has 0 aliphatic heterocycles. The van der Waals surface area contributed by atoms with Crippen LogP contribution < -0.4 is 0 Å². The Kier molecular flexibility index (Phi) is 5.43. The van der Waals surface area contributed by atoms with Crippen LogP contribution in [0.3, 0.4) is 0 Å². The molecule has 0 unspecified atom stereocenters. The van der Waals surface area contributed by atoms with E-state index in [1.54, 1.807) is 24.4 Å². The summed E-state index contributed by atoms with van der Waals surface area (Å²) < 4.78 is 19.2. The molecule has 0 bridgehead atoms. The highest BCUT2D eigenvalue weighted by Crippen LogP contribution is 2.51. The van der Waals surface area contributed by atoms with Gasteiger partial charge in [0.1, 0.15) is 10.7 Å². The zero-order valence-electron chi connectivity index (χ0n) is 17.3. The van der Waals surface area contributed by atoms with Gasteiger partial charge in [0.05, 0.1) is 22.4 Å². The molecule has 1 aliphatic rings. The van der Waals surface area contributed by atoms with Gasteiger partial charge >= 0.3 is 5.97 Å². The normalized spacial score (nSPS) is 13.7. The van der Waals surface area contributed by atoms with E-state index in [0.717, 1.165) is 47.5 Å². The number of pyridine rings is 1. The summed E-state index contributed by atoms with van der Waals surface area (Å²) >= 11 is 7.54. The van der Waals surface area contributed by atoms with Crippen LogP contribution in [-0.4, -0.2) is 30.4 Å². The van der Waals surface area contributed by atoms with Crippen molar-refractivity contribution in [1.29, 1.82) is 0 Å². The summed E-state index contributed by atoms with van der Waals surface area (Å²) in [5.74, 6) is -1.29. The first kappa shape index (κ1) is 21.0. The summed E-state index contributed by atoms with van der Waals surface area (Å²) in [5, 5.41) is 15.1. The molecule has 0 amide bonds. The zero-order valence-corrected chi connectivity index (χ0v) is 18.8. The first-order valence-electron chi connectivity index (χ1n) is 10.4. The van der Waals surface area contributed by atoms with Gasteiger partial charge in [-0.2, -0.15) is 5.10 Å². The number of fused-ring (bicyclic) bond motifs is 1. The number of rotatable bonds is 7. The Balaban J connectivity index is 1.74. The van der Waals surface area contributed by atoms with Crippen LogP contribution in [-0.2, 0) is 6.54 Å². The molecule has 32 heavy (non-hydrogen) atoms. The molecule has 3 aromatic heterocycles. The summed E-state index contributed by atoms with van der Waals surface area (Å²) in [6.45, 7) is 2.85. The van der Waals surface area contributed by atoms with Crippen molar-refractivity contribution in [3.05, 3.63) is 65.0 Å². The number of carboxylic acid groups (broad SMARTS) is 1. The monoisotopic (exact) mass is 470 g/mol. The fourth-order valence-corrected chi connectivity index (χ4v) is 5.21. The average Bonchev–Trinajstić information content (AvgIpc) is 3.42. The molecular weight excluding hydrogens is 451 g/mol. The van der Waals surface area contributed by atoms with Crippen molar-refractivity contribution >= 4 is 40.2 Å². The zero-order chi connectivity index (χ0) is 22.4. The minimum atomic E-state index is -1.08. The number of aromatic carboxylic acids is 1. The molecule has 0 atom stereocenters. The van der Waals surface area contributed by atoms with E-state index in [9.17, 15) is 9.90 Å². The quantitative estimate of drug-likeness (QED) is 0.350. The van der Waals surface area contributed by atoms with E-state index in [4.69, 9.17) is 11.6 Å². The van der Waals surface area contributed by atoms with E-state index in [0.29, 0.717) is 10.5 Å². The van der Waals surface area contributed by atoms with Crippen LogP contribution in [0.25, 0.3) is 16.6 Å². The lowest BCUT2D eigenvalue weighted by Gasteiger charge is -2.10. The van der Waals surface area contributed by atoms with Gasteiger partial charge in [-0.25, -0.2) is 14.2 Å². The standard InChI is InChI=1S/C23H20ClFN4O2S/c1-2-10-28-12-14(11-26-28)29-20(13-6-7-13)22(15-8-9-16(24)19(25)21(15)29)32-18-5-3-4-17(27-18)23(30)31/h3-5,8-9,11-13H,2,6-7,10H2,1H3,(H,30,31). The summed E-state index contributed by atoms with van der Waals surface area (Å²) in [6.07, 6.45) is 6.62. The lowest BCUT2D eigenvalue weighted by atomic mass is 10.2. The lowest BCUT2D eigenvalue weighted by molar-refractivity contribution is 0.0689. The van der Waals surface area contributed by atoms with E-state index in [2.05, 4.69) is 17.0 Å². The topological polar surface area (TPSA) is 72.9 Å². The van der Waals surface area contributed by atoms with Gasteiger partial charge in [0.25, 0.3) is 0 Å². The van der Waals surface area contributed by atoms with E-state index in [1.165, 1.54) is 17.8 Å². The molecule has 0 radical (unpaired) electrons. The van der Waals surface area contributed by atoms with Gasteiger partial charge < -0.3 is 9.67 Å². The van der Waals surface area contributed by atoms with E-state index in [1.807, 2.05) is 21.5 Å². The second-order valence-electron chi connectivity index (χ2n) is 7.81. The molecule has 6 nitrogen and oxygen atoms in total. The van der Waals surface area contributed by atoms with Gasteiger partial charge in [-0.05, 0) is 43.5 Å². The number of halogens is 2. The fraction of sp³-hybridized carbons (Fsp3) is 0.261. The van der Waals surface area contributed by atoms with E-state index < -0.39 is 11.8 Å². The summed E-state index contributed by atoms with van der Waals surface area (Å²) in [5.41, 5.74) is 2.16. The van der Waals surface area contributed by atoms with Gasteiger partial charge in [-0.3, -0.25) is 4.68 Å². The van der Waals surface area contributed by atoms with Gasteiger partial charge in [0.15, 0.2) is 5.82 Å². The molecule has 0 saturated heterocycles. The van der Waals surface area contributed by atoms with Gasteiger partial charge in [0, 0.05) is 34.6 Å². The van der Waals surface area contributed by atoms with Gasteiger partial charge in [0.2, 0.25) is 0 Å². The van der Waals surface area contributed by atoms with Crippen LogP contribution in [0.5, 0.6) is 0 Å². The van der Waals surface area contributed by atoms with Crippen LogP contribution in [0.1, 0.15) is 48.3 Å². The second-order valence-corrected chi connectivity index (χ2v) is 9.25. The Morgan fingerprint density at radius 3 is 2.84 bits per heavy atom. The summed E-state index contributed by atoms with van der Waals surface area (Å²) in [4.78, 5) is 16.5. The van der Waals surface area contributed by atoms with Crippen molar-refractivity contribution in [3.8, 4) is 5.69 Å². The Morgan fingerprint density at radius 1 is 1.31 bits per heavy atom. The molecule has 1 aliphatic carbocycles. The maximum atomic E-state index is 15.4. The van der Waals surface area contributed by atoms with Crippen LogP contribution in [0.2, 0.25) is 5.02 Å². The molecule has 1 saturated carbocycles. The summed E-state index contributed by atoms with van der Waals surface area (Å²) in [7, 11) is 0. The highest BCUT2D eigenvalue weighted by atomic mass is 35.5. The number of nitrogens with zero attached hydrogens (tertiary/aromatic N) is 4. The number of benzene rings is 1. The molecule has 1 fully saturated rings. The third-order valence-electron chi connectivity index (χ3n) is 5.45. The van der Waals surface area contributed by atoms with E-state index in [-0.39, 0.29) is 16.6 Å². The first-order valence-corrected chi connectivity index (χ1v) is 11.6. The summed E-state index contributed by atoms with van der Waals surface area (Å²) in [6, 6.07) is 8.28. The minimum Gasteiger partial charge on any atom is -0.477 e. The third kappa shape index (κ3) is 3.67. The van der Waals surface area contributed by atoms with Crippen LogP contribution in [0.4, 0.5) is 4.39 Å². The van der Waals surface area contributed by atoms with Crippen molar-refractivity contribution in [2.24, 2.45) is 0 Å². The Morgan fingerprint density at radius 2 is 2.12 bits per heavy atom. The molecule has 164 valence electrons. The molecule has 1 aromatic carbocycles. The smallest absolute Gasteiger partial charge is 0.354 e. The Bertz CT molecular complexity index is 1350. The second kappa shape index (κ2) is 8.26. The van der Waals surface area contributed by atoms with Crippen molar-refractivity contribution in [1.82, 2.24) is 19.3 Å². The highest BCUT2D eigenvalue weighted by molar-refractivity contribution is 7.99. The molecule has 9 heteroatoms. The molecule has 3 heterocycles. The minimum absolute atomic E-state index is 0.0261. The van der Waals surface area contributed by atoms with Crippen molar-refractivity contribution in [2.75, 3.05) is 0 Å². The predicted octanol–water partition coefficient (Wildman–Crippen LogP) is 6.15. The Hall–Kier alpha value is -2.84. The van der Waals surface area contributed by atoms with Crippen LogP contribution in [0, 0.1) is 5.82 Å². The number of carbonyl (C=O) groups is 1. The van der Waals surface area contributed by atoms with Crippen molar-refractivity contribution in [3.63, 3.8) is 0 Å². The number of carboxylic acids is 1.